The second kappa shape index (κ2) is 11.9. The first kappa shape index (κ1) is 31.3. The molecule has 1 unspecified atom stereocenters. The smallest absolute Gasteiger partial charge is 0.411 e. The van der Waals surface area contributed by atoms with E-state index in [1.165, 1.54) is 43.8 Å². The third-order valence-corrected chi connectivity index (χ3v) is 10.8. The highest BCUT2D eigenvalue weighted by atomic mass is 35.5. The molecule has 13 nitrogen and oxygen atoms in total. The lowest BCUT2D eigenvalue weighted by atomic mass is 9.87. The maximum atomic E-state index is 14.8. The van der Waals surface area contributed by atoms with Crippen molar-refractivity contribution < 1.29 is 27.5 Å². The number of carbonyl (C=O) groups is 2. The Morgan fingerprint density at radius 2 is 1.76 bits per heavy atom. The topological polar surface area (TPSA) is 130 Å². The van der Waals surface area contributed by atoms with E-state index >= 15 is 0 Å². The Hall–Kier alpha value is -3.72. The lowest BCUT2D eigenvalue weighted by Crippen LogP contribution is -2.55. The lowest BCUT2D eigenvalue weighted by molar-refractivity contribution is -0.132. The molecular weight excluding hydrogens is 622 g/mol. The van der Waals surface area contributed by atoms with Crippen LogP contribution in [-0.2, 0) is 32.2 Å². The van der Waals surface area contributed by atoms with Crippen LogP contribution >= 0.6 is 11.6 Å². The second-order valence-corrected chi connectivity index (χ2v) is 13.8. The quantitative estimate of drug-likeness (QED) is 0.390. The average Bonchev–Trinajstić information content (AvgIpc) is 3.51. The van der Waals surface area contributed by atoms with Crippen molar-refractivity contribution in [3.05, 3.63) is 64.7 Å². The second-order valence-electron chi connectivity index (χ2n) is 11.6. The van der Waals surface area contributed by atoms with E-state index in [0.29, 0.717) is 42.4 Å². The predicted molar refractivity (Wildman–Crippen MR) is 166 cm³/mol. The molecule has 1 aromatic carbocycles. The minimum Gasteiger partial charge on any atom is -0.481 e. The van der Waals surface area contributed by atoms with E-state index in [0.717, 1.165) is 25.9 Å². The van der Waals surface area contributed by atoms with Gasteiger partial charge in [-0.2, -0.15) is 12.7 Å². The Balaban J connectivity index is 1.40. The van der Waals surface area contributed by atoms with Crippen molar-refractivity contribution in [3.8, 4) is 5.88 Å². The fraction of sp³-hybridized carbons (Fsp3) is 0.467. The first-order valence-corrected chi connectivity index (χ1v) is 16.6. The van der Waals surface area contributed by atoms with E-state index in [4.69, 9.17) is 21.1 Å². The molecule has 2 aromatic heterocycles. The van der Waals surface area contributed by atoms with Gasteiger partial charge in [0.1, 0.15) is 5.82 Å². The molecule has 15 heteroatoms. The van der Waals surface area contributed by atoms with Gasteiger partial charge < -0.3 is 23.8 Å². The monoisotopic (exact) mass is 657 g/mol. The van der Waals surface area contributed by atoms with Crippen LogP contribution in [0.3, 0.4) is 0 Å². The number of pyridine rings is 1. The minimum absolute atomic E-state index is 0.00964. The largest absolute Gasteiger partial charge is 0.481 e. The Bertz CT molecular complexity index is 1710. The highest BCUT2D eigenvalue weighted by Gasteiger charge is 2.61. The molecule has 6 rings (SSSR count). The summed E-state index contributed by atoms with van der Waals surface area (Å²) in [5.74, 6) is -0.611. The number of anilines is 1. The summed E-state index contributed by atoms with van der Waals surface area (Å²) in [6, 6.07) is 7.86. The summed E-state index contributed by atoms with van der Waals surface area (Å²) in [7, 11) is 0.576. The molecule has 2 saturated heterocycles. The summed E-state index contributed by atoms with van der Waals surface area (Å²) < 4.78 is 42.2. The van der Waals surface area contributed by atoms with E-state index in [2.05, 4.69) is 26.8 Å². The molecule has 5 heterocycles. The molecule has 0 saturated carbocycles. The molecule has 1 atom stereocenters. The molecule has 0 radical (unpaired) electrons. The van der Waals surface area contributed by atoms with Gasteiger partial charge in [-0.05, 0) is 70.2 Å². The van der Waals surface area contributed by atoms with Crippen LogP contribution in [-0.4, -0.2) is 109 Å². The van der Waals surface area contributed by atoms with E-state index in [-0.39, 0.29) is 32.7 Å². The van der Waals surface area contributed by atoms with Gasteiger partial charge in [0.2, 0.25) is 5.88 Å². The van der Waals surface area contributed by atoms with Crippen LogP contribution in [0.15, 0.2) is 47.8 Å². The van der Waals surface area contributed by atoms with E-state index in [9.17, 15) is 18.0 Å². The van der Waals surface area contributed by atoms with Crippen molar-refractivity contribution in [2.45, 2.75) is 36.4 Å². The number of rotatable bonds is 6. The number of carbonyl (C=O) groups excluding carboxylic acids is 2. The van der Waals surface area contributed by atoms with Crippen molar-refractivity contribution in [1.82, 2.24) is 29.2 Å². The number of aromatic nitrogens is 3. The fourth-order valence-corrected chi connectivity index (χ4v) is 8.04. The molecule has 240 valence electrons. The summed E-state index contributed by atoms with van der Waals surface area (Å²) in [5.41, 5.74) is -2.16. The number of fused-ring (bicyclic) bond motifs is 1. The molecule has 0 bridgehead atoms. The lowest BCUT2D eigenvalue weighted by Gasteiger charge is -2.42. The number of piperazine rings is 1. The summed E-state index contributed by atoms with van der Waals surface area (Å²) in [5, 5.41) is -0.119. The van der Waals surface area contributed by atoms with Crippen molar-refractivity contribution in [2.75, 3.05) is 57.7 Å². The predicted octanol–water partition coefficient (Wildman–Crippen LogP) is 2.61. The van der Waals surface area contributed by atoms with Gasteiger partial charge in [-0.15, -0.1) is 0 Å². The van der Waals surface area contributed by atoms with Gasteiger partial charge >= 0.3 is 6.09 Å². The number of hydrogen-bond acceptors (Lipinski definition) is 10. The van der Waals surface area contributed by atoms with Crippen LogP contribution in [0.2, 0.25) is 5.02 Å². The normalized spacial score (nSPS) is 21.7. The van der Waals surface area contributed by atoms with Crippen LogP contribution < -0.4 is 9.04 Å². The SMILES string of the molecule is COc1ncccc1C1(OC(=O)N2CCN(C3CCN(C)CC3)CC2)C(=O)N(S(=O)(=O)c2cn(C)c(C)n2)c2ccc(Cl)cc21. The molecule has 3 aromatic rings. The molecule has 0 spiro atoms. The first-order valence-electron chi connectivity index (χ1n) is 14.8. The van der Waals surface area contributed by atoms with Crippen molar-refractivity contribution in [2.24, 2.45) is 7.05 Å². The maximum Gasteiger partial charge on any atom is 0.411 e. The number of amides is 2. The average molecular weight is 658 g/mol. The van der Waals surface area contributed by atoms with Crippen molar-refractivity contribution in [1.29, 1.82) is 0 Å². The van der Waals surface area contributed by atoms with Gasteiger partial charge in [0.25, 0.3) is 21.5 Å². The highest BCUT2D eigenvalue weighted by Crippen LogP contribution is 2.51. The Kier molecular flexibility index (Phi) is 8.27. The number of ether oxygens (including phenoxy) is 2. The number of nitrogens with zero attached hydrogens (tertiary/aromatic N) is 7. The zero-order valence-corrected chi connectivity index (χ0v) is 27.2. The zero-order valence-electron chi connectivity index (χ0n) is 25.6. The summed E-state index contributed by atoms with van der Waals surface area (Å²) in [4.78, 5) is 43.5. The molecular formula is C30H36ClN7O6S. The number of halogens is 1. The fourth-order valence-electron chi connectivity index (χ4n) is 6.38. The Morgan fingerprint density at radius 1 is 1.04 bits per heavy atom. The summed E-state index contributed by atoms with van der Waals surface area (Å²) in [6.07, 6.45) is 4.15. The summed E-state index contributed by atoms with van der Waals surface area (Å²) >= 11 is 6.45. The first-order chi connectivity index (χ1) is 21.5. The number of imidazole rings is 1. The van der Waals surface area contributed by atoms with Gasteiger partial charge in [-0.3, -0.25) is 9.69 Å². The number of hydrogen-bond donors (Lipinski definition) is 0. The van der Waals surface area contributed by atoms with Crippen LogP contribution in [0, 0.1) is 6.92 Å². The molecule has 0 aliphatic carbocycles. The number of piperidine rings is 1. The van der Waals surface area contributed by atoms with E-state index in [1.807, 2.05) is 0 Å². The highest BCUT2D eigenvalue weighted by molar-refractivity contribution is 7.93. The third kappa shape index (κ3) is 5.33. The number of likely N-dealkylation sites (tertiary alicyclic amines) is 1. The molecule has 3 aliphatic rings. The van der Waals surface area contributed by atoms with Crippen molar-refractivity contribution in [3.63, 3.8) is 0 Å². The number of methoxy groups -OCH3 is 1. The summed E-state index contributed by atoms with van der Waals surface area (Å²) in [6.45, 7) is 5.80. The van der Waals surface area contributed by atoms with Gasteiger partial charge in [0, 0.05) is 62.2 Å². The van der Waals surface area contributed by atoms with Crippen LogP contribution in [0.25, 0.3) is 0 Å². The number of aryl methyl sites for hydroxylation is 2. The van der Waals surface area contributed by atoms with Crippen LogP contribution in [0.5, 0.6) is 5.88 Å². The zero-order chi connectivity index (χ0) is 32.1. The van der Waals surface area contributed by atoms with Crippen LogP contribution in [0.4, 0.5) is 10.5 Å². The Labute approximate surface area is 267 Å². The van der Waals surface area contributed by atoms with Gasteiger partial charge in [0.05, 0.1) is 18.4 Å². The van der Waals surface area contributed by atoms with E-state index in [1.54, 1.807) is 29.5 Å². The van der Waals surface area contributed by atoms with E-state index < -0.39 is 27.6 Å². The Morgan fingerprint density at radius 3 is 2.40 bits per heavy atom. The molecule has 2 fully saturated rings. The third-order valence-electron chi connectivity index (χ3n) is 8.99. The van der Waals surface area contributed by atoms with Gasteiger partial charge in [-0.25, -0.2) is 14.8 Å². The molecule has 0 N–H and O–H groups in total. The van der Waals surface area contributed by atoms with Crippen molar-refractivity contribution >= 4 is 39.3 Å². The minimum atomic E-state index is -4.57. The molecule has 45 heavy (non-hydrogen) atoms. The standard InChI is InChI=1S/C30H36ClN7O6S/c1-20-33-26(19-35(20)3)45(41,42)38-25-8-7-21(31)18-24(25)30(28(38)39,23-6-5-11-32-27(23)43-4)44-29(40)37-16-14-36(15-17-37)22-9-12-34(2)13-10-22/h5-8,11,18-19,22H,9-10,12-17H2,1-4H3. The number of benzene rings is 1. The maximum absolute atomic E-state index is 14.8. The molecule has 2 amide bonds. The van der Waals surface area contributed by atoms with Crippen LogP contribution in [0.1, 0.15) is 29.8 Å². The number of sulfonamides is 1. The van der Waals surface area contributed by atoms with Gasteiger partial charge in [-0.1, -0.05) is 11.6 Å². The molecule has 3 aliphatic heterocycles. The van der Waals surface area contributed by atoms with Gasteiger partial charge in [0.15, 0.2) is 5.03 Å².